The molecule has 0 heterocycles. The molecule has 1 radical (unpaired) electrons. The van der Waals surface area contributed by atoms with Crippen LogP contribution in [0.5, 0.6) is 0 Å². The van der Waals surface area contributed by atoms with Crippen molar-refractivity contribution >= 4 is 21.8 Å². The summed E-state index contributed by atoms with van der Waals surface area (Å²) in [6.45, 7) is 3.58. The maximum atomic E-state index is 10.9. The Morgan fingerprint density at radius 1 is 1.25 bits per heavy atom. The van der Waals surface area contributed by atoms with Crippen molar-refractivity contribution in [1.29, 1.82) is 0 Å². The molecule has 0 aliphatic heterocycles. The summed E-state index contributed by atoms with van der Waals surface area (Å²) in [4.78, 5) is 9.92. The molecule has 7 nitrogen and oxygen atoms in total. The number of para-hydroxylation sites is 1. The van der Waals surface area contributed by atoms with Crippen LogP contribution < -0.4 is 11.1 Å². The van der Waals surface area contributed by atoms with Crippen LogP contribution in [0.15, 0.2) is 29.2 Å². The summed E-state index contributed by atoms with van der Waals surface area (Å²) in [5.41, 5.74) is 4.56. The molecule has 9 heteroatoms. The van der Waals surface area contributed by atoms with E-state index in [1.807, 2.05) is 13.8 Å². The second-order valence-electron chi connectivity index (χ2n) is 2.72. The zero-order valence-corrected chi connectivity index (χ0v) is 13.8. The summed E-state index contributed by atoms with van der Waals surface area (Å²) in [5, 5.41) is 10.8. The number of nitrogens with one attached hydrogen (secondary N) is 1. The Bertz CT molecular complexity index is 479. The minimum absolute atomic E-state index is 0. The molecule has 0 spiro atoms. The number of anilines is 1. The normalized spacial score (nSPS) is 8.85. The zero-order valence-electron chi connectivity index (χ0n) is 11.6. The number of nitrogens with two attached hydrogens (primary N) is 1. The number of rotatable bonds is 4. The van der Waals surface area contributed by atoms with Gasteiger partial charge in [-0.25, -0.2) is 0 Å². The Balaban J connectivity index is -0.000000529. The molecule has 1 aromatic rings. The molecular weight excluding hydrogens is 323 g/mol. The summed E-state index contributed by atoms with van der Waals surface area (Å²) in [6, 6.07) is 5.50. The quantitative estimate of drug-likeness (QED) is 0.601. The summed E-state index contributed by atoms with van der Waals surface area (Å²) < 4.78 is 30.6. The Morgan fingerprint density at radius 3 is 2.10 bits per heavy atom. The molecule has 5 N–H and O–H groups in total. The maximum absolute atomic E-state index is 10.9. The van der Waals surface area contributed by atoms with Crippen molar-refractivity contribution in [3.8, 4) is 0 Å². The van der Waals surface area contributed by atoms with E-state index in [1.165, 1.54) is 31.3 Å². The fourth-order valence-corrected chi connectivity index (χ4v) is 1.68. The second-order valence-corrected chi connectivity index (χ2v) is 4.11. The third-order valence-electron chi connectivity index (χ3n) is 1.60. The molecule has 0 saturated heterocycles. The fourth-order valence-electron chi connectivity index (χ4n) is 1.01. The fraction of sp³-hybridized carbons (Fsp3) is 0.364. The molecule has 0 atom stereocenters. The number of carbonyl (C=O) groups is 1. The molecular formula is C11H20N2O5SV. The Labute approximate surface area is 131 Å². The van der Waals surface area contributed by atoms with Gasteiger partial charge in [-0.05, 0) is 19.2 Å². The van der Waals surface area contributed by atoms with E-state index in [9.17, 15) is 13.2 Å². The number of benzene rings is 1. The molecule has 0 aliphatic carbocycles. The van der Waals surface area contributed by atoms with Crippen LogP contribution in [0.25, 0.3) is 0 Å². The molecule has 1 rings (SSSR count). The van der Waals surface area contributed by atoms with E-state index in [1.54, 1.807) is 0 Å². The third-order valence-corrected chi connectivity index (χ3v) is 2.51. The van der Waals surface area contributed by atoms with E-state index in [0.717, 1.165) is 0 Å². The van der Waals surface area contributed by atoms with E-state index in [2.05, 4.69) is 11.1 Å². The van der Waals surface area contributed by atoms with E-state index < -0.39 is 22.6 Å². The molecule has 0 saturated carbocycles. The van der Waals surface area contributed by atoms with Crippen molar-refractivity contribution in [2.24, 2.45) is 5.73 Å². The topological polar surface area (TPSA) is 130 Å². The van der Waals surface area contributed by atoms with Gasteiger partial charge in [-0.2, -0.15) is 8.42 Å². The van der Waals surface area contributed by atoms with Gasteiger partial charge in [0, 0.05) is 18.6 Å². The second kappa shape index (κ2) is 13.0. The number of carboxylic acids is 1. The van der Waals surface area contributed by atoms with Crippen molar-refractivity contribution in [2.45, 2.75) is 18.7 Å². The predicted octanol–water partition coefficient (Wildman–Crippen LogP) is 1.03. The molecule has 0 unspecified atom stereocenters. The number of carboxylic acid groups (broad SMARTS) is 1. The molecule has 115 valence electrons. The number of aliphatic carboxylic acids is 1. The summed E-state index contributed by atoms with van der Waals surface area (Å²) in [7, 11) is -2.84. The predicted molar refractivity (Wildman–Crippen MR) is 73.8 cm³/mol. The third kappa shape index (κ3) is 9.82. The maximum Gasteiger partial charge on any atom is 0.322 e. The summed E-state index contributed by atoms with van der Waals surface area (Å²) in [6.07, 6.45) is 0. The smallest absolute Gasteiger partial charge is 0.322 e. The van der Waals surface area contributed by atoms with Crippen LogP contribution in [0.3, 0.4) is 0 Å². The Kier molecular flexibility index (Phi) is 15.5. The van der Waals surface area contributed by atoms with Gasteiger partial charge in [-0.3, -0.25) is 9.35 Å². The molecule has 0 bridgehead atoms. The van der Waals surface area contributed by atoms with Gasteiger partial charge in [0.1, 0.15) is 11.4 Å². The van der Waals surface area contributed by atoms with Gasteiger partial charge in [0.05, 0.1) is 5.69 Å². The van der Waals surface area contributed by atoms with Crippen LogP contribution in [-0.4, -0.2) is 37.6 Å². The van der Waals surface area contributed by atoms with Gasteiger partial charge in [-0.1, -0.05) is 26.0 Å². The minimum atomic E-state index is -4.34. The average Bonchev–Trinajstić information content (AvgIpc) is 2.40. The van der Waals surface area contributed by atoms with E-state index in [4.69, 9.17) is 9.66 Å². The molecule has 20 heavy (non-hydrogen) atoms. The number of hydrogen-bond acceptors (Lipinski definition) is 5. The van der Waals surface area contributed by atoms with E-state index in [0.29, 0.717) is 0 Å². The van der Waals surface area contributed by atoms with Gasteiger partial charge in [-0.15, -0.1) is 0 Å². The first kappa shape index (κ1) is 24.0. The van der Waals surface area contributed by atoms with Gasteiger partial charge < -0.3 is 16.2 Å². The van der Waals surface area contributed by atoms with Gasteiger partial charge >= 0.3 is 5.97 Å². The van der Waals surface area contributed by atoms with Crippen LogP contribution in [-0.2, 0) is 33.5 Å². The van der Waals surface area contributed by atoms with Crippen molar-refractivity contribution in [2.75, 3.05) is 18.9 Å². The largest absolute Gasteiger partial charge is 0.480 e. The zero-order chi connectivity index (χ0) is 15.5. The average molecular weight is 343 g/mol. The molecule has 1 aromatic carbocycles. The van der Waals surface area contributed by atoms with E-state index in [-0.39, 0.29) is 29.1 Å². The van der Waals surface area contributed by atoms with E-state index >= 15 is 0 Å². The molecule has 0 amide bonds. The van der Waals surface area contributed by atoms with Crippen molar-refractivity contribution < 1.29 is 41.4 Å². The van der Waals surface area contributed by atoms with Crippen LogP contribution >= 0.6 is 0 Å². The van der Waals surface area contributed by atoms with Crippen LogP contribution in [0, 0.1) is 0 Å². The molecule has 0 fully saturated rings. The SMILES string of the molecule is CC.CN.O=C(O)CNc1ccccc1S(=O)(=O)O.[V]. The van der Waals surface area contributed by atoms with Crippen LogP contribution in [0.1, 0.15) is 13.8 Å². The Morgan fingerprint density at radius 2 is 1.70 bits per heavy atom. The summed E-state index contributed by atoms with van der Waals surface area (Å²) in [5.74, 6) is -1.12. The molecule has 0 aliphatic rings. The van der Waals surface area contributed by atoms with Gasteiger partial charge in [0.15, 0.2) is 0 Å². The Hall–Kier alpha value is -1.06. The monoisotopic (exact) mass is 343 g/mol. The molecule has 0 aromatic heterocycles. The van der Waals surface area contributed by atoms with Gasteiger partial charge in [0.2, 0.25) is 0 Å². The van der Waals surface area contributed by atoms with Crippen molar-refractivity contribution in [3.63, 3.8) is 0 Å². The van der Waals surface area contributed by atoms with Crippen LogP contribution in [0.2, 0.25) is 0 Å². The minimum Gasteiger partial charge on any atom is -0.480 e. The van der Waals surface area contributed by atoms with Crippen molar-refractivity contribution in [3.05, 3.63) is 24.3 Å². The van der Waals surface area contributed by atoms with Crippen LogP contribution in [0.4, 0.5) is 5.69 Å². The standard InChI is InChI=1S/C8H9NO5S.C2H6.CH5N.V/c10-8(11)5-9-6-3-1-2-4-7(6)15(12,13)14;2*1-2;/h1-4,9H,5H2,(H,10,11)(H,12,13,14);1-2H3;2H2,1H3;. The number of hydrogen-bond donors (Lipinski definition) is 4. The van der Waals surface area contributed by atoms with Gasteiger partial charge in [0.25, 0.3) is 10.1 Å². The van der Waals surface area contributed by atoms with Crippen molar-refractivity contribution in [1.82, 2.24) is 0 Å². The first-order valence-corrected chi connectivity index (χ1v) is 6.95. The first-order chi connectivity index (χ1) is 8.91. The summed E-state index contributed by atoms with van der Waals surface area (Å²) >= 11 is 0. The first-order valence-electron chi connectivity index (χ1n) is 5.51.